The molecule has 6 heterocycles. The van der Waals surface area contributed by atoms with Crippen LogP contribution in [0.2, 0.25) is 0 Å². The topological polar surface area (TPSA) is 276 Å². The minimum atomic E-state index is -4.54. The van der Waals surface area contributed by atoms with E-state index in [0.29, 0.717) is 0 Å². The number of fused-ring (bicyclic) bond motifs is 3. The Balaban J connectivity index is 1.12. The third-order valence-corrected chi connectivity index (χ3v) is 9.66. The molecule has 26 heteroatoms. The fourth-order valence-corrected chi connectivity index (χ4v) is 7.50. The van der Waals surface area contributed by atoms with Crippen molar-refractivity contribution >= 4 is 72.1 Å². The molecule has 2 saturated heterocycles. The molecule has 11 atom stereocenters. The van der Waals surface area contributed by atoms with Crippen LogP contribution in [0.15, 0.2) is 17.4 Å². The molecule has 2 aliphatic heterocycles. The van der Waals surface area contributed by atoms with Crippen LogP contribution in [0, 0.1) is 0 Å². The lowest BCUT2D eigenvalue weighted by atomic mass is 10.1. The Bertz CT molecular complexity index is 1950. The third-order valence-electron chi connectivity index (χ3n) is 7.43. The van der Waals surface area contributed by atoms with Gasteiger partial charge in [-0.05, 0) is 16.4 Å². The van der Waals surface area contributed by atoms with Gasteiger partial charge in [0.25, 0.3) is 5.56 Å². The number of aliphatic hydroxyl groups is 1. The largest absolute Gasteiger partial charge is 0.582 e. The molecule has 4 aromatic rings. The first-order valence-corrected chi connectivity index (χ1v) is 17.6. The number of thiol groups is 1. The number of rotatable bonds is 9. The minimum Gasteiger partial charge on any atom is -0.382 e. The van der Waals surface area contributed by atoms with Gasteiger partial charge in [-0.1, -0.05) is 5.21 Å². The highest BCUT2D eigenvalue weighted by molar-refractivity contribution is 8.39. The molecule has 20 nitrogen and oxygen atoms in total. The fraction of sp³-hybridized carbons (Fsp3) is 0.526. The van der Waals surface area contributed by atoms with E-state index in [4.69, 9.17) is 46.3 Å². The van der Waals surface area contributed by atoms with Crippen LogP contribution in [-0.2, 0) is 39.4 Å². The zero-order chi connectivity index (χ0) is 32.0. The molecular weight excluding hydrogens is 690 g/mol. The molecule has 240 valence electrons. The fourth-order valence-electron chi connectivity index (χ4n) is 5.30. The van der Waals surface area contributed by atoms with Gasteiger partial charge in [0.1, 0.15) is 55.1 Å². The van der Waals surface area contributed by atoms with Crippen LogP contribution in [0.1, 0.15) is 12.5 Å². The highest BCUT2D eigenvalue weighted by atomic mass is 32.7. The first-order valence-electron chi connectivity index (χ1n) is 12.6. The van der Waals surface area contributed by atoms with Crippen molar-refractivity contribution in [1.82, 2.24) is 44.5 Å². The number of nitrogen functional groups attached to an aromatic ring is 2. The van der Waals surface area contributed by atoms with E-state index in [9.17, 15) is 19.4 Å². The van der Waals surface area contributed by atoms with Crippen molar-refractivity contribution in [2.75, 3.05) is 18.1 Å². The van der Waals surface area contributed by atoms with Gasteiger partial charge >= 0.3 is 13.9 Å². The van der Waals surface area contributed by atoms with E-state index in [2.05, 4.69) is 47.5 Å². The second-order valence-corrected chi connectivity index (χ2v) is 14.5. The van der Waals surface area contributed by atoms with Crippen LogP contribution >= 0.6 is 26.2 Å². The quantitative estimate of drug-likeness (QED) is 0.0927. The zero-order valence-electron chi connectivity index (χ0n) is 22.0. The van der Waals surface area contributed by atoms with Crippen molar-refractivity contribution in [2.45, 2.75) is 54.8 Å². The van der Waals surface area contributed by atoms with Crippen molar-refractivity contribution in [3.8, 4) is 0 Å². The number of aromatic amines is 1. The standard InChI is InChI=1S/C19H19F2N11O9P2S2/c20-5-4(1-37-42(35)44)38-16(32-14-7(29-30-32)15(33)28-18(23)27-14)8(5)40-43(36,45)41-11-10-19(11,34)9(21)17(39-10)31-3-26-6-12(22)24-2-25-13(6)31/h2-5,8-11,16-17,34H,1H2,(H6-,22,23,24,25,27,28,30,33,35,36,44,45)/p+1/t4-,5+,8-,9-,10-,11?,16-,17-,19+,43?/m1/s1. The molecule has 7 rings (SSSR count). The normalized spacial score (nSPS) is 34.3. The van der Waals surface area contributed by atoms with Gasteiger partial charge < -0.3 is 30.9 Å². The summed E-state index contributed by atoms with van der Waals surface area (Å²) in [4.78, 5) is 41.3. The Morgan fingerprint density at radius 2 is 1.98 bits per heavy atom. The molecule has 0 amide bonds. The van der Waals surface area contributed by atoms with E-state index in [1.807, 2.05) is 0 Å². The van der Waals surface area contributed by atoms with E-state index in [0.717, 1.165) is 11.0 Å². The number of hydrogen-bond donors (Lipinski definition) is 6. The summed E-state index contributed by atoms with van der Waals surface area (Å²) in [5, 5.41) is 18.6. The highest BCUT2D eigenvalue weighted by Crippen LogP contribution is 2.63. The maximum Gasteiger partial charge on any atom is 0.582 e. The van der Waals surface area contributed by atoms with Gasteiger partial charge in [0.2, 0.25) is 5.95 Å². The van der Waals surface area contributed by atoms with Crippen LogP contribution in [-0.4, -0.2) is 103 Å². The number of anilines is 2. The lowest BCUT2D eigenvalue weighted by molar-refractivity contribution is -0.0661. The van der Waals surface area contributed by atoms with Gasteiger partial charge in [0.15, 0.2) is 53.0 Å². The lowest BCUT2D eigenvalue weighted by Gasteiger charge is -2.27. The molecule has 0 spiro atoms. The Hall–Kier alpha value is -2.89. The Morgan fingerprint density at radius 1 is 1.20 bits per heavy atom. The van der Waals surface area contributed by atoms with Crippen LogP contribution < -0.4 is 17.0 Å². The SMILES string of the molecule is Nc1nc2c(nnn2[C@@H]2O[C@H](CO[P+](=O)S)[C@H](F)[C@H]2OP(O)(=S)OC2[C@H]3O[C@@H](n4cnc5c(N)ncnc54)[C@@H](F)[C@@]23O)c(=O)[nH]1. The van der Waals surface area contributed by atoms with E-state index in [1.54, 1.807) is 0 Å². The monoisotopic (exact) mass is 710 g/mol. The molecular formula is C19H20F2N11O9P2S2+. The molecule has 0 radical (unpaired) electrons. The van der Waals surface area contributed by atoms with Crippen molar-refractivity contribution in [3.63, 3.8) is 0 Å². The van der Waals surface area contributed by atoms with E-state index >= 15 is 8.78 Å². The van der Waals surface area contributed by atoms with Crippen LogP contribution in [0.3, 0.4) is 0 Å². The van der Waals surface area contributed by atoms with E-state index in [1.165, 1.54) is 10.9 Å². The molecule has 1 saturated carbocycles. The maximum atomic E-state index is 15.7. The summed E-state index contributed by atoms with van der Waals surface area (Å²) in [6.45, 7) is -5.13. The first-order chi connectivity index (χ1) is 21.3. The number of hydrogen-bond acceptors (Lipinski definition) is 17. The second-order valence-electron chi connectivity index (χ2n) is 10.1. The average Bonchev–Trinajstić information content (AvgIpc) is 3.49. The van der Waals surface area contributed by atoms with Crippen LogP contribution in [0.4, 0.5) is 20.5 Å². The number of imidazole rings is 1. The molecule has 3 unspecified atom stereocenters. The summed E-state index contributed by atoms with van der Waals surface area (Å²) >= 11 is 8.72. The number of aromatic nitrogens is 9. The smallest absolute Gasteiger partial charge is 0.382 e. The number of nitrogens with one attached hydrogen (secondary N) is 1. The Kier molecular flexibility index (Phi) is 7.41. The number of nitrogens with two attached hydrogens (primary N) is 2. The first kappa shape index (κ1) is 30.7. The van der Waals surface area contributed by atoms with Crippen molar-refractivity contribution in [1.29, 1.82) is 0 Å². The number of ether oxygens (including phenoxy) is 2. The molecule has 45 heavy (non-hydrogen) atoms. The number of H-pyrrole nitrogens is 1. The molecule has 3 aliphatic rings. The van der Waals surface area contributed by atoms with Gasteiger partial charge in [-0.15, -0.1) is 9.62 Å². The van der Waals surface area contributed by atoms with Crippen molar-refractivity contribution in [3.05, 3.63) is 23.0 Å². The van der Waals surface area contributed by atoms with Gasteiger partial charge in [0.05, 0.1) is 6.33 Å². The zero-order valence-corrected chi connectivity index (χ0v) is 25.5. The predicted molar refractivity (Wildman–Crippen MR) is 151 cm³/mol. The molecule has 4 aromatic heterocycles. The number of halogens is 2. The van der Waals surface area contributed by atoms with Crippen molar-refractivity contribution < 1.29 is 46.4 Å². The second kappa shape index (κ2) is 10.8. The summed E-state index contributed by atoms with van der Waals surface area (Å²) in [5.74, 6) is -0.271. The van der Waals surface area contributed by atoms with Gasteiger partial charge in [-0.3, -0.25) is 23.4 Å². The summed E-state index contributed by atoms with van der Waals surface area (Å²) in [5.41, 5.74) is 8.19. The molecule has 0 aromatic carbocycles. The summed E-state index contributed by atoms with van der Waals surface area (Å²) in [6.07, 6.45) is -11.1. The summed E-state index contributed by atoms with van der Waals surface area (Å²) in [7, 11) is -2.46. The van der Waals surface area contributed by atoms with Crippen LogP contribution in [0.5, 0.6) is 0 Å². The summed E-state index contributed by atoms with van der Waals surface area (Å²) in [6, 6.07) is 0. The number of alkyl halides is 2. The molecule has 0 bridgehead atoms. The minimum absolute atomic E-state index is 0.0499. The lowest BCUT2D eigenvalue weighted by Crippen LogP contribution is -2.35. The Labute approximate surface area is 258 Å². The number of nitrogens with zero attached hydrogens (tertiary/aromatic N) is 8. The Morgan fingerprint density at radius 3 is 2.69 bits per heavy atom. The highest BCUT2D eigenvalue weighted by Gasteiger charge is 2.80. The van der Waals surface area contributed by atoms with E-state index in [-0.39, 0.29) is 34.1 Å². The molecule has 3 fully saturated rings. The maximum absolute atomic E-state index is 15.7. The predicted octanol–water partition coefficient (Wildman–Crippen LogP) is -0.674. The van der Waals surface area contributed by atoms with Gasteiger partial charge in [0, 0.05) is 0 Å². The third kappa shape index (κ3) is 5.00. The molecule has 7 N–H and O–H groups in total. The average molecular weight is 711 g/mol. The molecule has 1 aliphatic carbocycles. The van der Waals surface area contributed by atoms with Gasteiger partial charge in [-0.25, -0.2) is 23.7 Å². The van der Waals surface area contributed by atoms with Crippen molar-refractivity contribution in [2.24, 2.45) is 0 Å². The van der Waals surface area contributed by atoms with Crippen LogP contribution in [0.25, 0.3) is 22.3 Å². The summed E-state index contributed by atoms with van der Waals surface area (Å²) < 4.78 is 72.0. The van der Waals surface area contributed by atoms with Gasteiger partial charge in [-0.2, -0.15) is 9.67 Å². The van der Waals surface area contributed by atoms with E-state index < -0.39 is 80.9 Å².